The van der Waals surface area contributed by atoms with Gasteiger partial charge >= 0.3 is 0 Å². The van der Waals surface area contributed by atoms with Gasteiger partial charge in [-0.1, -0.05) is 36.4 Å². The first kappa shape index (κ1) is 28.2. The first-order valence-corrected chi connectivity index (χ1v) is 14.6. The summed E-state index contributed by atoms with van der Waals surface area (Å²) in [6.45, 7) is 9.93. The number of piperazine rings is 2. The molecule has 214 valence electrons. The number of ether oxygens (including phenoxy) is 2. The van der Waals surface area contributed by atoms with Crippen LogP contribution in [-0.2, 0) is 0 Å². The molecule has 0 saturated carbocycles. The highest BCUT2D eigenvalue weighted by Gasteiger charge is 2.24. The van der Waals surface area contributed by atoms with Gasteiger partial charge in [0.25, 0.3) is 0 Å². The Balaban J connectivity index is 0.952. The first-order valence-electron chi connectivity index (χ1n) is 14.6. The molecule has 2 aliphatic heterocycles. The van der Waals surface area contributed by atoms with Crippen LogP contribution >= 0.6 is 0 Å². The van der Waals surface area contributed by atoms with Crippen LogP contribution in [0.1, 0.15) is 0 Å². The van der Waals surface area contributed by atoms with Crippen LogP contribution in [0.4, 0.5) is 11.4 Å². The van der Waals surface area contributed by atoms with E-state index in [4.69, 9.17) is 9.47 Å². The van der Waals surface area contributed by atoms with E-state index in [1.807, 2.05) is 36.4 Å². The van der Waals surface area contributed by atoms with E-state index in [9.17, 15) is 10.2 Å². The maximum atomic E-state index is 10.5. The molecule has 8 heteroatoms. The van der Waals surface area contributed by atoms with E-state index in [1.54, 1.807) is 0 Å². The zero-order chi connectivity index (χ0) is 27.6. The van der Waals surface area contributed by atoms with Crippen LogP contribution < -0.4 is 29.1 Å². The summed E-state index contributed by atoms with van der Waals surface area (Å²) in [7, 11) is 0. The molecule has 0 aliphatic carbocycles. The second-order valence-corrected chi connectivity index (χ2v) is 11.0. The van der Waals surface area contributed by atoms with Gasteiger partial charge in [0.15, 0.2) is 0 Å². The molecule has 0 amide bonds. The fourth-order valence-corrected chi connectivity index (χ4v) is 5.65. The lowest BCUT2D eigenvalue weighted by Gasteiger charge is -2.34. The van der Waals surface area contributed by atoms with Gasteiger partial charge in [-0.3, -0.25) is 0 Å². The maximum Gasteiger partial charge on any atom is 0.137 e. The van der Waals surface area contributed by atoms with Crippen molar-refractivity contribution in [2.24, 2.45) is 0 Å². The van der Waals surface area contributed by atoms with Gasteiger partial charge in [0.1, 0.15) is 50.0 Å². The fraction of sp³-hybridized carbons (Fsp3) is 0.438. The smallest absolute Gasteiger partial charge is 0.137 e. The maximum absolute atomic E-state index is 10.5. The molecule has 5 rings (SSSR count). The number of nitrogens with one attached hydrogen (secondary N) is 2. The van der Waals surface area contributed by atoms with E-state index in [1.165, 1.54) is 21.2 Å². The van der Waals surface area contributed by atoms with E-state index in [-0.39, 0.29) is 13.2 Å². The highest BCUT2D eigenvalue weighted by molar-refractivity contribution is 5.46. The Morgan fingerprint density at radius 2 is 0.900 bits per heavy atom. The normalized spacial score (nSPS) is 18.4. The molecule has 2 atom stereocenters. The lowest BCUT2D eigenvalue weighted by atomic mass is 10.2. The molecule has 4 N–H and O–H groups in total. The van der Waals surface area contributed by atoms with Gasteiger partial charge < -0.3 is 39.3 Å². The standard InChI is InChI=1S/C32H42N4O4/c37-29(23-33-15-19-35(20-16-33)27-7-3-1-4-8-27)25-39-31-11-13-32(14-12-31)40-26-30(38)24-34-17-21-36(22-18-34)28-9-5-2-6-10-28/h1-14,29-30,37-38H,15-26H2/p+2/t29-,30+. The van der Waals surface area contributed by atoms with Crippen molar-refractivity contribution in [2.45, 2.75) is 12.2 Å². The van der Waals surface area contributed by atoms with Crippen LogP contribution in [0.15, 0.2) is 84.9 Å². The quantitative estimate of drug-likeness (QED) is 0.255. The average Bonchev–Trinajstić information content (AvgIpc) is 3.01. The number of anilines is 2. The van der Waals surface area contributed by atoms with E-state index in [0.717, 1.165) is 52.4 Å². The molecule has 3 aromatic rings. The second-order valence-electron chi connectivity index (χ2n) is 11.0. The Morgan fingerprint density at radius 3 is 1.25 bits per heavy atom. The van der Waals surface area contributed by atoms with E-state index in [2.05, 4.69) is 58.3 Å². The summed E-state index contributed by atoms with van der Waals surface area (Å²) in [5.74, 6) is 1.41. The highest BCUT2D eigenvalue weighted by Crippen LogP contribution is 2.18. The first-order chi connectivity index (χ1) is 19.6. The Bertz CT molecular complexity index is 1030. The molecule has 40 heavy (non-hydrogen) atoms. The molecular weight excluding hydrogens is 504 g/mol. The number of nitrogens with zero attached hydrogens (tertiary/aromatic N) is 2. The molecule has 0 unspecified atom stereocenters. The number of aliphatic hydroxyl groups is 2. The molecule has 2 fully saturated rings. The SMILES string of the molecule is O[C@H](COc1ccc(OC[C@H](O)C[NH+]2CCN(c3ccccc3)CC2)cc1)C[NH+]1CCN(c2ccccc2)CC1. The van der Waals surface area contributed by atoms with Crippen molar-refractivity contribution in [1.29, 1.82) is 0 Å². The van der Waals surface area contributed by atoms with Crippen molar-refractivity contribution in [3.8, 4) is 11.5 Å². The summed E-state index contributed by atoms with van der Waals surface area (Å²) in [4.78, 5) is 7.63. The van der Waals surface area contributed by atoms with Crippen molar-refractivity contribution in [3.63, 3.8) is 0 Å². The Hall–Kier alpha value is -3.30. The summed E-state index contributed by atoms with van der Waals surface area (Å²) >= 11 is 0. The van der Waals surface area contributed by atoms with Gasteiger partial charge in [0.05, 0.1) is 52.4 Å². The number of quaternary nitrogens is 2. The molecule has 3 aromatic carbocycles. The number of benzene rings is 3. The Morgan fingerprint density at radius 1 is 0.550 bits per heavy atom. The minimum Gasteiger partial charge on any atom is -0.491 e. The minimum absolute atomic E-state index is 0.269. The number of para-hydroxylation sites is 2. The molecule has 0 spiro atoms. The molecule has 2 aliphatic rings. The van der Waals surface area contributed by atoms with Crippen LogP contribution in [0.3, 0.4) is 0 Å². The number of hydrogen-bond donors (Lipinski definition) is 4. The average molecular weight is 549 g/mol. The van der Waals surface area contributed by atoms with Crippen LogP contribution in [0, 0.1) is 0 Å². The topological polar surface area (TPSA) is 74.3 Å². The lowest BCUT2D eigenvalue weighted by molar-refractivity contribution is -0.903. The van der Waals surface area contributed by atoms with E-state index in [0.29, 0.717) is 24.6 Å². The van der Waals surface area contributed by atoms with Gasteiger partial charge in [-0.25, -0.2) is 0 Å². The Kier molecular flexibility index (Phi) is 10.1. The van der Waals surface area contributed by atoms with Crippen LogP contribution in [0.2, 0.25) is 0 Å². The summed E-state index contributed by atoms with van der Waals surface area (Å²) < 4.78 is 11.7. The molecule has 0 aromatic heterocycles. The van der Waals surface area contributed by atoms with Crippen molar-refractivity contribution in [3.05, 3.63) is 84.9 Å². The van der Waals surface area contributed by atoms with Crippen molar-refractivity contribution in [2.75, 3.05) is 88.5 Å². The highest BCUT2D eigenvalue weighted by atomic mass is 16.5. The predicted octanol–water partition coefficient (Wildman–Crippen LogP) is -0.0238. The largest absolute Gasteiger partial charge is 0.491 e. The molecule has 0 radical (unpaired) electrons. The van der Waals surface area contributed by atoms with Gasteiger partial charge in [-0.15, -0.1) is 0 Å². The fourth-order valence-electron chi connectivity index (χ4n) is 5.65. The van der Waals surface area contributed by atoms with Gasteiger partial charge in [-0.2, -0.15) is 0 Å². The van der Waals surface area contributed by atoms with E-state index >= 15 is 0 Å². The van der Waals surface area contributed by atoms with Crippen LogP contribution in [-0.4, -0.2) is 101 Å². The molecular formula is C32H44N4O4+2. The third-order valence-electron chi connectivity index (χ3n) is 7.94. The minimum atomic E-state index is -0.513. The number of rotatable bonds is 12. The van der Waals surface area contributed by atoms with E-state index < -0.39 is 12.2 Å². The monoisotopic (exact) mass is 548 g/mol. The zero-order valence-corrected chi connectivity index (χ0v) is 23.3. The van der Waals surface area contributed by atoms with Crippen molar-refractivity contribution >= 4 is 11.4 Å². The van der Waals surface area contributed by atoms with Gasteiger partial charge in [-0.05, 0) is 48.5 Å². The number of aliphatic hydroxyl groups excluding tert-OH is 2. The summed E-state index contributed by atoms with van der Waals surface area (Å²) in [6.07, 6.45) is -1.03. The summed E-state index contributed by atoms with van der Waals surface area (Å²) in [5, 5.41) is 21.1. The lowest BCUT2D eigenvalue weighted by Crippen LogP contribution is -3.16. The van der Waals surface area contributed by atoms with Gasteiger partial charge in [0.2, 0.25) is 0 Å². The summed E-state index contributed by atoms with van der Waals surface area (Å²) in [5.41, 5.74) is 2.54. The second kappa shape index (κ2) is 14.4. The Labute approximate surface area is 237 Å². The molecule has 2 heterocycles. The van der Waals surface area contributed by atoms with Crippen LogP contribution in [0.25, 0.3) is 0 Å². The van der Waals surface area contributed by atoms with Crippen molar-refractivity contribution < 1.29 is 29.5 Å². The van der Waals surface area contributed by atoms with Gasteiger partial charge in [0, 0.05) is 11.4 Å². The zero-order valence-electron chi connectivity index (χ0n) is 23.3. The third kappa shape index (κ3) is 8.35. The number of hydrogen-bond acceptors (Lipinski definition) is 6. The molecule has 0 bridgehead atoms. The predicted molar refractivity (Wildman–Crippen MR) is 158 cm³/mol. The molecule has 8 nitrogen and oxygen atoms in total. The summed E-state index contributed by atoms with van der Waals surface area (Å²) in [6, 6.07) is 28.4. The van der Waals surface area contributed by atoms with Crippen LogP contribution in [0.5, 0.6) is 11.5 Å². The third-order valence-corrected chi connectivity index (χ3v) is 7.94. The molecule has 2 saturated heterocycles. The van der Waals surface area contributed by atoms with Crippen molar-refractivity contribution in [1.82, 2.24) is 0 Å².